The lowest BCUT2D eigenvalue weighted by Crippen LogP contribution is -2.05. The number of esters is 1. The molecule has 0 saturated heterocycles. The van der Waals surface area contributed by atoms with Crippen molar-refractivity contribution in [3.8, 4) is 0 Å². The lowest BCUT2D eigenvalue weighted by atomic mass is 9.98. The Morgan fingerprint density at radius 1 is 1.05 bits per heavy atom. The van der Waals surface area contributed by atoms with E-state index in [9.17, 15) is 9.59 Å². The molecule has 0 amide bonds. The fourth-order valence-corrected chi connectivity index (χ4v) is 2.17. The van der Waals surface area contributed by atoms with E-state index in [0.717, 1.165) is 23.0 Å². The molecule has 0 heterocycles. The number of ether oxygens (including phenoxy) is 1. The second-order valence-electron chi connectivity index (χ2n) is 4.81. The van der Waals surface area contributed by atoms with Crippen molar-refractivity contribution in [2.24, 2.45) is 0 Å². The summed E-state index contributed by atoms with van der Waals surface area (Å²) in [5, 5.41) is 0. The molecule has 22 heavy (non-hydrogen) atoms. The predicted octanol–water partition coefficient (Wildman–Crippen LogP) is 3.99. The number of hydrogen-bond acceptors (Lipinski definition) is 3. The number of hydrogen-bond donors (Lipinski definition) is 0. The van der Waals surface area contributed by atoms with Crippen molar-refractivity contribution >= 4 is 23.9 Å². The average molecular weight is 294 g/mol. The molecule has 0 atom stereocenters. The van der Waals surface area contributed by atoms with E-state index < -0.39 is 0 Å². The summed E-state index contributed by atoms with van der Waals surface area (Å²) in [6.07, 6.45) is 2.92. The van der Waals surface area contributed by atoms with Crippen LogP contribution in [0.25, 0.3) is 11.6 Å². The summed E-state index contributed by atoms with van der Waals surface area (Å²) in [6, 6.07) is 17.0. The molecule has 0 saturated carbocycles. The molecule has 2 aromatic rings. The van der Waals surface area contributed by atoms with Crippen molar-refractivity contribution in [2.45, 2.75) is 13.3 Å². The first-order valence-corrected chi connectivity index (χ1v) is 7.19. The van der Waals surface area contributed by atoms with Crippen LogP contribution in [0.2, 0.25) is 0 Å². The highest BCUT2D eigenvalue weighted by atomic mass is 16.5. The highest BCUT2D eigenvalue weighted by Crippen LogP contribution is 2.23. The molecule has 0 radical (unpaired) electrons. The molecule has 0 unspecified atom stereocenters. The summed E-state index contributed by atoms with van der Waals surface area (Å²) < 4.78 is 5.04. The lowest BCUT2D eigenvalue weighted by molar-refractivity contribution is -0.141. The summed E-state index contributed by atoms with van der Waals surface area (Å²) in [4.78, 5) is 22.8. The van der Waals surface area contributed by atoms with Crippen LogP contribution >= 0.6 is 0 Å². The number of rotatable bonds is 6. The van der Waals surface area contributed by atoms with Crippen LogP contribution in [0.4, 0.5) is 0 Å². The van der Waals surface area contributed by atoms with Crippen molar-refractivity contribution < 1.29 is 14.3 Å². The van der Waals surface area contributed by atoms with Crippen molar-refractivity contribution in [3.63, 3.8) is 0 Å². The van der Waals surface area contributed by atoms with Crippen LogP contribution in [0.5, 0.6) is 0 Å². The third kappa shape index (κ3) is 4.42. The van der Waals surface area contributed by atoms with Gasteiger partial charge in [0.25, 0.3) is 0 Å². The molecule has 112 valence electrons. The summed E-state index contributed by atoms with van der Waals surface area (Å²) in [5.74, 6) is -0.277. The highest BCUT2D eigenvalue weighted by molar-refractivity contribution is 5.93. The monoisotopic (exact) mass is 294 g/mol. The maximum atomic E-state index is 11.8. The molecule has 2 aromatic carbocycles. The second-order valence-corrected chi connectivity index (χ2v) is 4.81. The van der Waals surface area contributed by atoms with E-state index >= 15 is 0 Å². The largest absolute Gasteiger partial charge is 0.466 e. The van der Waals surface area contributed by atoms with Gasteiger partial charge in [-0.3, -0.25) is 9.59 Å². The van der Waals surface area contributed by atoms with Gasteiger partial charge in [0.1, 0.15) is 6.29 Å². The summed E-state index contributed by atoms with van der Waals surface area (Å²) in [5.41, 5.74) is 3.26. The molecule has 0 bridgehead atoms. The van der Waals surface area contributed by atoms with Gasteiger partial charge < -0.3 is 4.74 Å². The topological polar surface area (TPSA) is 43.4 Å². The summed E-state index contributed by atoms with van der Waals surface area (Å²) in [6.45, 7) is 2.14. The van der Waals surface area contributed by atoms with Gasteiger partial charge >= 0.3 is 5.97 Å². The first kappa shape index (κ1) is 15.7. The van der Waals surface area contributed by atoms with Crippen molar-refractivity contribution in [1.82, 2.24) is 0 Å². The first-order chi connectivity index (χ1) is 10.7. The maximum absolute atomic E-state index is 11.8. The van der Waals surface area contributed by atoms with Crippen LogP contribution in [0.3, 0.4) is 0 Å². The molecule has 2 rings (SSSR count). The molecular formula is C19H18O3. The fraction of sp³-hybridized carbons (Fsp3) is 0.158. The predicted molar refractivity (Wildman–Crippen MR) is 87.4 cm³/mol. The Morgan fingerprint density at radius 3 is 2.45 bits per heavy atom. The van der Waals surface area contributed by atoms with Crippen LogP contribution in [-0.2, 0) is 9.53 Å². The van der Waals surface area contributed by atoms with Gasteiger partial charge in [0.05, 0.1) is 13.0 Å². The third-order valence-electron chi connectivity index (χ3n) is 3.17. The Bertz CT molecular complexity index is 672. The van der Waals surface area contributed by atoms with Crippen LogP contribution in [-0.4, -0.2) is 18.9 Å². The van der Waals surface area contributed by atoms with E-state index in [4.69, 9.17) is 4.74 Å². The molecule has 0 spiro atoms. The Labute approximate surface area is 130 Å². The van der Waals surface area contributed by atoms with Crippen LogP contribution in [0, 0.1) is 0 Å². The van der Waals surface area contributed by atoms with Gasteiger partial charge in [0, 0.05) is 5.56 Å². The molecule has 0 aliphatic carbocycles. The zero-order valence-electron chi connectivity index (χ0n) is 12.5. The Hall–Kier alpha value is -2.68. The number of carbonyl (C=O) groups is 2. The molecule has 3 nitrogen and oxygen atoms in total. The highest BCUT2D eigenvalue weighted by Gasteiger charge is 2.10. The molecule has 0 aromatic heterocycles. The Morgan fingerprint density at radius 2 is 1.77 bits per heavy atom. The van der Waals surface area contributed by atoms with E-state index in [0.29, 0.717) is 12.2 Å². The minimum Gasteiger partial charge on any atom is -0.466 e. The quantitative estimate of drug-likeness (QED) is 0.459. The summed E-state index contributed by atoms with van der Waals surface area (Å²) >= 11 is 0. The summed E-state index contributed by atoms with van der Waals surface area (Å²) in [7, 11) is 0. The van der Waals surface area contributed by atoms with E-state index in [-0.39, 0.29) is 12.4 Å². The second kappa shape index (κ2) is 7.93. The SMILES string of the molecule is CCOC(=O)C/C(=C\c1ccccc1)c1cccc(C=O)c1. The van der Waals surface area contributed by atoms with E-state index in [1.807, 2.05) is 48.5 Å². The lowest BCUT2D eigenvalue weighted by Gasteiger charge is -2.09. The zero-order chi connectivity index (χ0) is 15.8. The number of benzene rings is 2. The van der Waals surface area contributed by atoms with Crippen molar-refractivity contribution in [3.05, 3.63) is 71.3 Å². The average Bonchev–Trinajstić information content (AvgIpc) is 2.55. The minimum absolute atomic E-state index is 0.172. The molecule has 0 N–H and O–H groups in total. The van der Waals surface area contributed by atoms with Gasteiger partial charge in [-0.2, -0.15) is 0 Å². The standard InChI is InChI=1S/C19H18O3/c1-2-22-19(21)13-18(11-15-7-4-3-5-8-15)17-10-6-9-16(12-17)14-20/h3-12,14H,2,13H2,1H3/b18-11+. The Kier molecular flexibility index (Phi) is 5.66. The van der Waals surface area contributed by atoms with Gasteiger partial charge in [-0.05, 0) is 29.7 Å². The fourth-order valence-electron chi connectivity index (χ4n) is 2.17. The van der Waals surface area contributed by atoms with E-state index in [1.54, 1.807) is 19.1 Å². The van der Waals surface area contributed by atoms with Crippen LogP contribution in [0.15, 0.2) is 54.6 Å². The number of aldehydes is 1. The first-order valence-electron chi connectivity index (χ1n) is 7.19. The number of carbonyl (C=O) groups excluding carboxylic acids is 2. The zero-order valence-corrected chi connectivity index (χ0v) is 12.5. The van der Waals surface area contributed by atoms with Gasteiger partial charge in [-0.1, -0.05) is 54.6 Å². The Balaban J connectivity index is 2.38. The molecular weight excluding hydrogens is 276 g/mol. The van der Waals surface area contributed by atoms with Gasteiger partial charge in [0.2, 0.25) is 0 Å². The van der Waals surface area contributed by atoms with E-state index in [1.165, 1.54) is 0 Å². The third-order valence-corrected chi connectivity index (χ3v) is 3.17. The molecule has 3 heteroatoms. The van der Waals surface area contributed by atoms with Gasteiger partial charge in [-0.15, -0.1) is 0 Å². The van der Waals surface area contributed by atoms with Crippen molar-refractivity contribution in [2.75, 3.05) is 6.61 Å². The molecule has 0 fully saturated rings. The van der Waals surface area contributed by atoms with Gasteiger partial charge in [0.15, 0.2) is 0 Å². The van der Waals surface area contributed by atoms with Crippen LogP contribution < -0.4 is 0 Å². The van der Waals surface area contributed by atoms with E-state index in [2.05, 4.69) is 0 Å². The van der Waals surface area contributed by atoms with Crippen molar-refractivity contribution in [1.29, 1.82) is 0 Å². The molecule has 0 aliphatic heterocycles. The molecule has 0 aliphatic rings. The van der Waals surface area contributed by atoms with Crippen LogP contribution in [0.1, 0.15) is 34.8 Å². The normalized spacial score (nSPS) is 11.0. The van der Waals surface area contributed by atoms with Gasteiger partial charge in [-0.25, -0.2) is 0 Å². The minimum atomic E-state index is -0.277. The maximum Gasteiger partial charge on any atom is 0.310 e. The smallest absolute Gasteiger partial charge is 0.310 e.